The molecule has 27 heavy (non-hydrogen) atoms. The molecule has 3 aromatic rings. The summed E-state index contributed by atoms with van der Waals surface area (Å²) < 4.78 is 22.8. The van der Waals surface area contributed by atoms with E-state index in [-0.39, 0.29) is 21.6 Å². The number of sulfonamides is 1. The zero-order valence-electron chi connectivity index (χ0n) is 13.9. The van der Waals surface area contributed by atoms with Crippen LogP contribution in [0.5, 0.6) is 5.88 Å². The summed E-state index contributed by atoms with van der Waals surface area (Å²) >= 11 is 11.2. The highest BCUT2D eigenvalue weighted by atomic mass is 35.5. The molecule has 0 aliphatic carbocycles. The minimum absolute atomic E-state index is 0.0333. The first-order chi connectivity index (χ1) is 12.6. The smallest absolute Gasteiger partial charge is 0.238 e. The topological polar surface area (TPSA) is 133 Å². The second-order valence-corrected chi connectivity index (χ2v) is 8.06. The van der Waals surface area contributed by atoms with Gasteiger partial charge in [0.15, 0.2) is 5.69 Å². The van der Waals surface area contributed by atoms with Gasteiger partial charge in [-0.05, 0) is 55.0 Å². The van der Waals surface area contributed by atoms with Crippen molar-refractivity contribution < 1.29 is 13.5 Å². The van der Waals surface area contributed by atoms with Gasteiger partial charge in [0.2, 0.25) is 21.0 Å². The van der Waals surface area contributed by atoms with Crippen LogP contribution >= 0.6 is 23.8 Å². The molecule has 0 fully saturated rings. The summed E-state index contributed by atoms with van der Waals surface area (Å²) in [6.07, 6.45) is 0. The molecule has 5 N–H and O–H groups in total. The Bertz CT molecular complexity index is 1190. The van der Waals surface area contributed by atoms with Gasteiger partial charge >= 0.3 is 0 Å². The Balaban J connectivity index is 1.86. The highest BCUT2D eigenvalue weighted by Gasteiger charge is 2.13. The molecule has 0 aliphatic rings. The predicted molar refractivity (Wildman–Crippen MR) is 108 cm³/mol. The minimum atomic E-state index is -3.83. The van der Waals surface area contributed by atoms with E-state index in [1.54, 1.807) is 18.2 Å². The van der Waals surface area contributed by atoms with Crippen LogP contribution in [0.1, 0.15) is 5.56 Å². The number of benzene rings is 2. The first-order valence-electron chi connectivity index (χ1n) is 7.51. The Morgan fingerprint density at radius 1 is 1.33 bits per heavy atom. The zero-order chi connectivity index (χ0) is 19.8. The standard InChI is InChI=1S/C16H14ClN5O3S2/c1-8-5-9(17)6-12-13(8)20-15(23)14(12)21-22-16(26)19-10-3-2-4-11(7-10)27(18,24)25/h2-7,20,23H,1H3,(H,19,26)(H2,18,24,25). The van der Waals surface area contributed by atoms with Crippen LogP contribution in [0.3, 0.4) is 0 Å². The number of rotatable bonds is 3. The summed E-state index contributed by atoms with van der Waals surface area (Å²) in [4.78, 5) is 2.76. The molecule has 0 amide bonds. The molecule has 0 atom stereocenters. The van der Waals surface area contributed by atoms with Crippen molar-refractivity contribution in [2.75, 3.05) is 5.32 Å². The van der Waals surface area contributed by atoms with Gasteiger partial charge in [-0.2, -0.15) is 0 Å². The number of fused-ring (bicyclic) bond motifs is 1. The number of azo groups is 1. The molecular formula is C16H14ClN5O3S2. The number of nitrogens with one attached hydrogen (secondary N) is 2. The minimum Gasteiger partial charge on any atom is -0.493 e. The maximum Gasteiger partial charge on any atom is 0.238 e. The van der Waals surface area contributed by atoms with E-state index in [9.17, 15) is 13.5 Å². The number of nitrogens with two attached hydrogens (primary N) is 1. The summed E-state index contributed by atoms with van der Waals surface area (Å²) in [5, 5.41) is 26.8. The third-order valence-electron chi connectivity index (χ3n) is 3.68. The van der Waals surface area contributed by atoms with Crippen molar-refractivity contribution in [2.45, 2.75) is 11.8 Å². The van der Waals surface area contributed by atoms with E-state index in [1.807, 2.05) is 6.92 Å². The molecule has 0 spiro atoms. The lowest BCUT2D eigenvalue weighted by atomic mass is 10.1. The van der Waals surface area contributed by atoms with Gasteiger partial charge in [0.05, 0.1) is 10.4 Å². The quantitative estimate of drug-likeness (QED) is 0.373. The number of nitrogens with zero attached hydrogens (tertiary/aromatic N) is 2. The molecule has 1 heterocycles. The second kappa shape index (κ2) is 7.24. The van der Waals surface area contributed by atoms with Crippen molar-refractivity contribution >= 4 is 61.2 Å². The van der Waals surface area contributed by atoms with Gasteiger partial charge < -0.3 is 15.4 Å². The zero-order valence-corrected chi connectivity index (χ0v) is 16.3. The Labute approximate surface area is 165 Å². The van der Waals surface area contributed by atoms with Gasteiger partial charge in [-0.15, -0.1) is 10.2 Å². The van der Waals surface area contributed by atoms with Crippen LogP contribution in [0.15, 0.2) is 51.5 Å². The van der Waals surface area contributed by atoms with Gasteiger partial charge in [0, 0.05) is 16.1 Å². The highest BCUT2D eigenvalue weighted by molar-refractivity contribution is 7.89. The van der Waals surface area contributed by atoms with Crippen molar-refractivity contribution in [2.24, 2.45) is 15.4 Å². The van der Waals surface area contributed by atoms with Gasteiger partial charge in [0.1, 0.15) is 0 Å². The molecule has 11 heteroatoms. The Kier molecular flexibility index (Phi) is 5.16. The van der Waals surface area contributed by atoms with Crippen molar-refractivity contribution in [3.63, 3.8) is 0 Å². The molecule has 2 aromatic carbocycles. The number of aromatic nitrogens is 1. The van der Waals surface area contributed by atoms with E-state index < -0.39 is 10.0 Å². The van der Waals surface area contributed by atoms with Crippen LogP contribution in [0.4, 0.5) is 11.4 Å². The van der Waals surface area contributed by atoms with E-state index in [4.69, 9.17) is 29.0 Å². The molecule has 3 rings (SSSR count). The number of aromatic hydroxyl groups is 1. The normalized spacial score (nSPS) is 12.0. The second-order valence-electron chi connectivity index (χ2n) is 5.67. The van der Waals surface area contributed by atoms with Crippen LogP contribution in [0.25, 0.3) is 10.9 Å². The summed E-state index contributed by atoms with van der Waals surface area (Å²) in [6, 6.07) is 9.21. The molecular weight excluding hydrogens is 410 g/mol. The first kappa shape index (κ1) is 19.2. The fraction of sp³-hybridized carbons (Fsp3) is 0.0625. The van der Waals surface area contributed by atoms with Gasteiger partial charge in [-0.25, -0.2) is 13.6 Å². The maximum atomic E-state index is 11.4. The number of H-pyrrole nitrogens is 1. The maximum absolute atomic E-state index is 11.4. The monoisotopic (exact) mass is 423 g/mol. The summed E-state index contributed by atoms with van der Waals surface area (Å²) in [5.41, 5.74) is 2.10. The van der Waals surface area contributed by atoms with Crippen molar-refractivity contribution in [3.8, 4) is 5.88 Å². The number of thiocarbonyl (C=S) groups is 1. The number of hydrogen-bond donors (Lipinski definition) is 4. The highest BCUT2D eigenvalue weighted by Crippen LogP contribution is 2.38. The van der Waals surface area contributed by atoms with Crippen molar-refractivity contribution in [1.82, 2.24) is 4.98 Å². The molecule has 0 unspecified atom stereocenters. The van der Waals surface area contributed by atoms with E-state index >= 15 is 0 Å². The fourth-order valence-corrected chi connectivity index (χ4v) is 3.49. The number of primary sulfonamides is 1. The van der Waals surface area contributed by atoms with Gasteiger partial charge in [-0.3, -0.25) is 0 Å². The number of hydrogen-bond acceptors (Lipinski definition) is 5. The van der Waals surface area contributed by atoms with E-state index in [0.717, 1.165) is 5.56 Å². The molecule has 1 aromatic heterocycles. The molecule has 140 valence electrons. The number of aromatic amines is 1. The van der Waals surface area contributed by atoms with Crippen molar-refractivity contribution in [3.05, 3.63) is 47.0 Å². The SMILES string of the molecule is Cc1cc(Cl)cc2c(N=NC(=S)Nc3cccc(S(N)(=O)=O)c3)c(O)[nH]c12. The first-order valence-corrected chi connectivity index (χ1v) is 9.85. The van der Waals surface area contributed by atoms with Crippen molar-refractivity contribution in [1.29, 1.82) is 0 Å². The van der Waals surface area contributed by atoms with E-state index in [0.29, 0.717) is 21.6 Å². The number of anilines is 1. The summed E-state index contributed by atoms with van der Waals surface area (Å²) in [5.74, 6) is -0.168. The lowest BCUT2D eigenvalue weighted by Gasteiger charge is -2.05. The number of halogens is 1. The Morgan fingerprint density at radius 3 is 2.78 bits per heavy atom. The lowest BCUT2D eigenvalue weighted by Crippen LogP contribution is -2.13. The fourth-order valence-electron chi connectivity index (χ4n) is 2.50. The molecule has 0 bridgehead atoms. The average molecular weight is 424 g/mol. The van der Waals surface area contributed by atoms with Crippen LogP contribution in [0.2, 0.25) is 5.02 Å². The molecule has 0 saturated heterocycles. The van der Waals surface area contributed by atoms with Crippen LogP contribution < -0.4 is 10.5 Å². The molecule has 0 saturated carbocycles. The van der Waals surface area contributed by atoms with E-state index in [2.05, 4.69) is 20.5 Å². The Morgan fingerprint density at radius 2 is 2.07 bits per heavy atom. The van der Waals surface area contributed by atoms with E-state index in [1.165, 1.54) is 18.2 Å². The molecule has 0 aliphatic heterocycles. The van der Waals surface area contributed by atoms with Crippen LogP contribution in [-0.4, -0.2) is 23.6 Å². The average Bonchev–Trinajstić information content (AvgIpc) is 2.88. The summed E-state index contributed by atoms with van der Waals surface area (Å²) in [7, 11) is -3.83. The van der Waals surface area contributed by atoms with Gasteiger partial charge in [0.25, 0.3) is 0 Å². The Hall–Kier alpha value is -2.53. The molecule has 8 nitrogen and oxygen atoms in total. The number of aryl methyl sites for hydroxylation is 1. The third-order valence-corrected chi connectivity index (χ3v) is 4.99. The largest absolute Gasteiger partial charge is 0.493 e. The molecule has 0 radical (unpaired) electrons. The third kappa shape index (κ3) is 4.25. The summed E-state index contributed by atoms with van der Waals surface area (Å²) in [6.45, 7) is 1.84. The van der Waals surface area contributed by atoms with Gasteiger partial charge in [-0.1, -0.05) is 17.7 Å². The van der Waals surface area contributed by atoms with Crippen LogP contribution in [0, 0.1) is 6.92 Å². The predicted octanol–water partition coefficient (Wildman–Crippen LogP) is 3.96. The lowest BCUT2D eigenvalue weighted by molar-refractivity contribution is 0.459. The van der Waals surface area contributed by atoms with Crippen LogP contribution in [-0.2, 0) is 10.0 Å².